The molecule has 5 nitrogen and oxygen atoms in total. The fraction of sp³-hybridized carbons (Fsp3) is 0.455. The maximum atomic E-state index is 11.8. The first-order valence-corrected chi connectivity index (χ1v) is 5.10. The fourth-order valence-electron chi connectivity index (χ4n) is 2.21. The van der Waals surface area contributed by atoms with E-state index in [2.05, 4.69) is 11.9 Å². The van der Waals surface area contributed by atoms with Crippen LogP contribution < -0.4 is 5.32 Å². The number of hydrogen-bond donors (Lipinski definition) is 2. The number of ether oxygens (including phenoxy) is 1. The van der Waals surface area contributed by atoms with Gasteiger partial charge < -0.3 is 15.2 Å². The van der Waals surface area contributed by atoms with Crippen LogP contribution in [-0.4, -0.2) is 35.7 Å². The minimum atomic E-state index is -0.990. The van der Waals surface area contributed by atoms with E-state index in [9.17, 15) is 9.59 Å². The number of carboxylic acids is 1. The van der Waals surface area contributed by atoms with Crippen molar-refractivity contribution in [3.63, 3.8) is 0 Å². The normalized spacial score (nSPS) is 35.0. The van der Waals surface area contributed by atoms with Gasteiger partial charge in [-0.15, -0.1) is 6.58 Å². The molecule has 0 aromatic rings. The van der Waals surface area contributed by atoms with Gasteiger partial charge >= 0.3 is 5.97 Å². The minimum Gasteiger partial charge on any atom is -0.481 e. The predicted molar refractivity (Wildman–Crippen MR) is 55.6 cm³/mol. The molecule has 86 valence electrons. The van der Waals surface area contributed by atoms with Gasteiger partial charge in [0.1, 0.15) is 5.92 Å². The van der Waals surface area contributed by atoms with E-state index in [4.69, 9.17) is 9.84 Å². The third kappa shape index (κ3) is 1.63. The van der Waals surface area contributed by atoms with E-state index in [1.807, 2.05) is 0 Å². The smallest absolute Gasteiger partial charge is 0.310 e. The first-order chi connectivity index (χ1) is 7.65. The lowest BCUT2D eigenvalue weighted by atomic mass is 9.82. The molecule has 0 unspecified atom stereocenters. The Kier molecular flexibility index (Phi) is 2.78. The van der Waals surface area contributed by atoms with E-state index in [1.54, 1.807) is 18.2 Å². The summed E-state index contributed by atoms with van der Waals surface area (Å²) in [5.74, 6) is -2.69. The van der Waals surface area contributed by atoms with E-state index < -0.39 is 30.0 Å². The van der Waals surface area contributed by atoms with Crippen LogP contribution in [-0.2, 0) is 14.3 Å². The van der Waals surface area contributed by atoms with Gasteiger partial charge in [0, 0.05) is 6.54 Å². The Morgan fingerprint density at radius 2 is 2.00 bits per heavy atom. The molecule has 0 aliphatic carbocycles. The summed E-state index contributed by atoms with van der Waals surface area (Å²) >= 11 is 0. The van der Waals surface area contributed by atoms with Gasteiger partial charge in [-0.1, -0.05) is 18.2 Å². The average Bonchev–Trinajstić information content (AvgIpc) is 2.84. The van der Waals surface area contributed by atoms with Crippen molar-refractivity contribution in [2.45, 2.75) is 12.2 Å². The first kappa shape index (κ1) is 10.9. The van der Waals surface area contributed by atoms with Gasteiger partial charge in [-0.3, -0.25) is 9.59 Å². The molecule has 5 heteroatoms. The van der Waals surface area contributed by atoms with Crippen molar-refractivity contribution in [3.8, 4) is 0 Å². The molecule has 0 spiro atoms. The zero-order valence-corrected chi connectivity index (χ0v) is 8.63. The second-order valence-corrected chi connectivity index (χ2v) is 3.87. The summed E-state index contributed by atoms with van der Waals surface area (Å²) in [5, 5.41) is 11.7. The molecule has 2 heterocycles. The molecule has 2 bridgehead atoms. The van der Waals surface area contributed by atoms with Crippen LogP contribution in [0.15, 0.2) is 24.8 Å². The van der Waals surface area contributed by atoms with Crippen molar-refractivity contribution < 1.29 is 19.4 Å². The Hall–Kier alpha value is -1.62. The van der Waals surface area contributed by atoms with Crippen molar-refractivity contribution >= 4 is 11.9 Å². The van der Waals surface area contributed by atoms with E-state index in [0.29, 0.717) is 6.54 Å². The van der Waals surface area contributed by atoms with Crippen LogP contribution in [0.25, 0.3) is 0 Å². The highest BCUT2D eigenvalue weighted by atomic mass is 16.5. The van der Waals surface area contributed by atoms with Gasteiger partial charge in [-0.2, -0.15) is 0 Å². The molecule has 1 fully saturated rings. The number of rotatable bonds is 4. The van der Waals surface area contributed by atoms with Crippen LogP contribution in [0.3, 0.4) is 0 Å². The zero-order valence-electron chi connectivity index (χ0n) is 8.63. The first-order valence-electron chi connectivity index (χ1n) is 5.10. The highest BCUT2D eigenvalue weighted by Gasteiger charge is 2.52. The summed E-state index contributed by atoms with van der Waals surface area (Å²) in [6.45, 7) is 3.82. The number of carbonyl (C=O) groups is 2. The molecule has 2 aliphatic heterocycles. The van der Waals surface area contributed by atoms with Gasteiger partial charge in [0.25, 0.3) is 0 Å². The van der Waals surface area contributed by atoms with E-state index in [-0.39, 0.29) is 5.91 Å². The summed E-state index contributed by atoms with van der Waals surface area (Å²) in [6.07, 6.45) is 4.14. The van der Waals surface area contributed by atoms with Crippen LogP contribution in [0.1, 0.15) is 0 Å². The summed E-state index contributed by atoms with van der Waals surface area (Å²) < 4.78 is 5.38. The maximum absolute atomic E-state index is 11.8. The van der Waals surface area contributed by atoms with Crippen molar-refractivity contribution in [2.75, 3.05) is 6.54 Å². The molecule has 2 N–H and O–H groups in total. The highest BCUT2D eigenvalue weighted by molar-refractivity contribution is 5.87. The standard InChI is InChI=1S/C11H13NO4/c1-2-5-12-10(13)8-6-3-4-7(16-6)9(8)11(14)15/h2-4,6-9H,1,5H2,(H,12,13)(H,14,15)/t6-,7+,8-,9-/m0/s1. The summed E-state index contributed by atoms with van der Waals surface area (Å²) in [7, 11) is 0. The third-order valence-electron chi connectivity index (χ3n) is 2.91. The van der Waals surface area contributed by atoms with Crippen LogP contribution in [0.5, 0.6) is 0 Å². The van der Waals surface area contributed by atoms with Gasteiger partial charge in [0.05, 0.1) is 18.1 Å². The third-order valence-corrected chi connectivity index (χ3v) is 2.91. The second kappa shape index (κ2) is 4.09. The molecular weight excluding hydrogens is 210 g/mol. The number of nitrogens with one attached hydrogen (secondary N) is 1. The summed E-state index contributed by atoms with van der Waals surface area (Å²) in [6, 6.07) is 0. The average molecular weight is 223 g/mol. The van der Waals surface area contributed by atoms with Gasteiger partial charge in [-0.05, 0) is 0 Å². The number of hydrogen-bond acceptors (Lipinski definition) is 3. The van der Waals surface area contributed by atoms with Crippen LogP contribution in [0.2, 0.25) is 0 Å². The highest BCUT2D eigenvalue weighted by Crippen LogP contribution is 2.39. The lowest BCUT2D eigenvalue weighted by Crippen LogP contribution is -2.42. The number of amides is 1. The van der Waals surface area contributed by atoms with E-state index >= 15 is 0 Å². The monoisotopic (exact) mass is 223 g/mol. The number of carbonyl (C=O) groups excluding carboxylic acids is 1. The van der Waals surface area contributed by atoms with Gasteiger partial charge in [0.15, 0.2) is 0 Å². The second-order valence-electron chi connectivity index (χ2n) is 3.87. The Balaban J connectivity index is 2.13. The Bertz CT molecular complexity index is 363. The largest absolute Gasteiger partial charge is 0.481 e. The number of fused-ring (bicyclic) bond motifs is 2. The van der Waals surface area contributed by atoms with Gasteiger partial charge in [-0.25, -0.2) is 0 Å². The van der Waals surface area contributed by atoms with Crippen molar-refractivity contribution in [1.82, 2.24) is 5.32 Å². The van der Waals surface area contributed by atoms with E-state index in [0.717, 1.165) is 0 Å². The summed E-state index contributed by atoms with van der Waals surface area (Å²) in [5.41, 5.74) is 0. The van der Waals surface area contributed by atoms with E-state index in [1.165, 1.54) is 0 Å². The molecule has 1 saturated heterocycles. The fourth-order valence-corrected chi connectivity index (χ4v) is 2.21. The maximum Gasteiger partial charge on any atom is 0.310 e. The lowest BCUT2D eigenvalue weighted by molar-refractivity contribution is -0.146. The van der Waals surface area contributed by atoms with Crippen LogP contribution in [0, 0.1) is 11.8 Å². The SMILES string of the molecule is C=CCNC(=O)[C@@H]1[C@@H](C(=O)O)[C@H]2C=C[C@@H]1O2. The lowest BCUT2D eigenvalue weighted by Gasteiger charge is -2.20. The van der Waals surface area contributed by atoms with Crippen LogP contribution >= 0.6 is 0 Å². The van der Waals surface area contributed by atoms with Crippen molar-refractivity contribution in [2.24, 2.45) is 11.8 Å². The number of aliphatic carboxylic acids is 1. The Labute approximate surface area is 92.8 Å². The Morgan fingerprint density at radius 1 is 1.38 bits per heavy atom. The molecule has 2 rings (SSSR count). The molecule has 0 aromatic heterocycles. The molecule has 0 radical (unpaired) electrons. The number of carboxylic acid groups (broad SMARTS) is 1. The minimum absolute atomic E-state index is 0.288. The molecule has 16 heavy (non-hydrogen) atoms. The summed E-state index contributed by atoms with van der Waals surface area (Å²) in [4.78, 5) is 22.8. The Morgan fingerprint density at radius 3 is 2.56 bits per heavy atom. The molecule has 0 saturated carbocycles. The molecule has 1 amide bonds. The topological polar surface area (TPSA) is 75.6 Å². The molecule has 4 atom stereocenters. The predicted octanol–water partition coefficient (Wildman–Crippen LogP) is -0.0572. The molecular formula is C11H13NO4. The van der Waals surface area contributed by atoms with Gasteiger partial charge in [0.2, 0.25) is 5.91 Å². The van der Waals surface area contributed by atoms with Crippen molar-refractivity contribution in [3.05, 3.63) is 24.8 Å². The van der Waals surface area contributed by atoms with Crippen LogP contribution in [0.4, 0.5) is 0 Å². The molecule has 2 aliphatic rings. The molecule has 0 aromatic carbocycles. The van der Waals surface area contributed by atoms with Crippen molar-refractivity contribution in [1.29, 1.82) is 0 Å². The quantitative estimate of drug-likeness (QED) is 0.655. The zero-order chi connectivity index (χ0) is 11.7.